The minimum atomic E-state index is -0.799. The van der Waals surface area contributed by atoms with Crippen molar-refractivity contribution in [1.29, 1.82) is 5.26 Å². The molecule has 4 N–H and O–H groups in total. The zero-order chi connectivity index (χ0) is 34.7. The quantitative estimate of drug-likeness (QED) is 0.279. The van der Waals surface area contributed by atoms with Gasteiger partial charge in [-0.1, -0.05) is 36.4 Å². The van der Waals surface area contributed by atoms with E-state index in [1.807, 2.05) is 51.2 Å². The fourth-order valence-electron chi connectivity index (χ4n) is 8.54. The summed E-state index contributed by atoms with van der Waals surface area (Å²) in [6, 6.07) is 11.7. The first-order valence-corrected chi connectivity index (χ1v) is 17.0. The molecular formula is C38H43AcN5O6. The van der Waals surface area contributed by atoms with Crippen LogP contribution in [0.4, 0.5) is 0 Å². The minimum absolute atomic E-state index is 0. The van der Waals surface area contributed by atoms with Crippen LogP contribution >= 0.6 is 0 Å². The Kier molecular flexibility index (Phi) is 10.5. The molecule has 6 atom stereocenters. The number of amides is 2. The van der Waals surface area contributed by atoms with Gasteiger partial charge in [0.25, 0.3) is 0 Å². The topological polar surface area (TPSA) is 147 Å². The van der Waals surface area contributed by atoms with Gasteiger partial charge in [0, 0.05) is 91.4 Å². The minimum Gasteiger partial charge on any atom is -0.507 e. The van der Waals surface area contributed by atoms with Crippen molar-refractivity contribution in [2.45, 2.75) is 89.6 Å². The number of nitrogens with zero attached hydrogens (tertiary/aromatic N) is 3. The Morgan fingerprint density at radius 3 is 2.46 bits per heavy atom. The first-order valence-electron chi connectivity index (χ1n) is 17.0. The number of rotatable bonds is 7. The molecule has 2 bridgehead atoms. The van der Waals surface area contributed by atoms with Crippen LogP contribution in [0.15, 0.2) is 36.4 Å². The fourth-order valence-corrected chi connectivity index (χ4v) is 8.54. The second-order valence-electron chi connectivity index (χ2n) is 13.9. The summed E-state index contributed by atoms with van der Waals surface area (Å²) in [6.45, 7) is 7.45. The van der Waals surface area contributed by atoms with Gasteiger partial charge in [0.15, 0.2) is 11.5 Å². The number of aryl methyl sites for hydroxylation is 2. The normalized spacial score (nSPS) is 23.7. The summed E-state index contributed by atoms with van der Waals surface area (Å²) in [6.07, 6.45) is 1.79. The number of piperazine rings is 1. The number of likely N-dealkylation sites (N-methyl/N-ethyl adjacent to an activating group) is 1. The van der Waals surface area contributed by atoms with Gasteiger partial charge in [0.1, 0.15) is 23.6 Å². The third-order valence-corrected chi connectivity index (χ3v) is 11.2. The van der Waals surface area contributed by atoms with Crippen molar-refractivity contribution < 1.29 is 73.3 Å². The van der Waals surface area contributed by atoms with Gasteiger partial charge in [-0.15, -0.1) is 0 Å². The molecule has 1 fully saturated rings. The van der Waals surface area contributed by atoms with Crippen molar-refractivity contribution in [1.82, 2.24) is 20.4 Å². The van der Waals surface area contributed by atoms with E-state index in [1.54, 1.807) is 13.8 Å². The van der Waals surface area contributed by atoms with E-state index in [0.29, 0.717) is 47.5 Å². The number of nitrogens with one attached hydrogen (secondary N) is 2. The van der Waals surface area contributed by atoms with E-state index >= 15 is 0 Å². The molecule has 1 radical (unpaired) electrons. The monoisotopic (exact) mass is 892 g/mol. The molecule has 0 aliphatic carbocycles. The molecule has 4 aliphatic rings. The summed E-state index contributed by atoms with van der Waals surface area (Å²) in [5.74, 6) is 0.757. The van der Waals surface area contributed by atoms with E-state index in [9.17, 15) is 25.1 Å². The maximum absolute atomic E-state index is 13.5. The summed E-state index contributed by atoms with van der Waals surface area (Å²) in [4.78, 5) is 30.7. The number of phenolic OH excluding ortho intramolecular Hbond substituents is 2. The van der Waals surface area contributed by atoms with E-state index in [-0.39, 0.29) is 105 Å². The number of carbonyl (C=O) groups is 2. The molecule has 3 aromatic rings. The Labute approximate surface area is 328 Å². The van der Waals surface area contributed by atoms with Crippen LogP contribution in [0.1, 0.15) is 69.9 Å². The predicted molar refractivity (Wildman–Crippen MR) is 181 cm³/mol. The molecule has 1 saturated heterocycles. The van der Waals surface area contributed by atoms with Gasteiger partial charge < -0.3 is 30.3 Å². The average Bonchev–Trinajstić information content (AvgIpc) is 3.58. The second kappa shape index (κ2) is 14.3. The second-order valence-corrected chi connectivity index (χ2v) is 13.9. The summed E-state index contributed by atoms with van der Waals surface area (Å²) < 4.78 is 11.9. The summed E-state index contributed by atoms with van der Waals surface area (Å²) in [5, 5.41) is 39.9. The number of nitriles is 1. The van der Waals surface area contributed by atoms with Crippen molar-refractivity contribution in [3.05, 3.63) is 80.9 Å². The van der Waals surface area contributed by atoms with Crippen LogP contribution in [-0.4, -0.2) is 76.4 Å². The van der Waals surface area contributed by atoms with Crippen molar-refractivity contribution >= 4 is 11.8 Å². The van der Waals surface area contributed by atoms with Crippen LogP contribution in [0, 0.1) is 76.2 Å². The van der Waals surface area contributed by atoms with E-state index in [4.69, 9.17) is 9.47 Å². The molecular weight excluding hydrogens is 849 g/mol. The van der Waals surface area contributed by atoms with Gasteiger partial charge in [-0.05, 0) is 76.3 Å². The molecule has 11 nitrogen and oxygen atoms in total. The first-order chi connectivity index (χ1) is 23.5. The molecule has 2 unspecified atom stereocenters. The number of benzene rings is 3. The molecule has 3 aromatic carbocycles. The van der Waals surface area contributed by atoms with E-state index in [0.717, 1.165) is 27.8 Å². The maximum atomic E-state index is 13.5. The summed E-state index contributed by atoms with van der Waals surface area (Å²) in [5.41, 5.74) is 6.70. The first kappa shape index (κ1) is 36.4. The number of fused-ring (bicyclic) bond motifs is 9. The van der Waals surface area contributed by atoms with Gasteiger partial charge in [-0.2, -0.15) is 5.26 Å². The molecule has 259 valence electrons. The SMILES string of the molecule is Cc1cc2c(c(O)c1C)[C@@H]1C3Cc4c(O)c(C)c5c(c4[C@H](CNC(=O)C(C)NC(=O)CCc4ccccc4)N3[C@@H](C#N)[C@H](C2)N1C)OCO5.[Ac]. The Bertz CT molecular complexity index is 1880. The molecule has 7 rings (SSSR count). The van der Waals surface area contributed by atoms with E-state index < -0.39 is 18.1 Å². The fraction of sp³-hybridized carbons (Fsp3) is 0.447. The summed E-state index contributed by atoms with van der Waals surface area (Å²) in [7, 11) is 2.01. The van der Waals surface area contributed by atoms with Gasteiger partial charge in [-0.3, -0.25) is 19.4 Å². The molecule has 0 spiro atoms. The maximum Gasteiger partial charge on any atom is 0.242 e. The molecule has 0 aromatic heterocycles. The van der Waals surface area contributed by atoms with E-state index in [2.05, 4.69) is 32.6 Å². The molecule has 0 saturated carbocycles. The molecule has 4 heterocycles. The van der Waals surface area contributed by atoms with Crippen LogP contribution in [0.5, 0.6) is 23.0 Å². The number of hydrogen-bond donors (Lipinski definition) is 4. The molecule has 2 amide bonds. The smallest absolute Gasteiger partial charge is 0.242 e. The average molecular weight is 893 g/mol. The van der Waals surface area contributed by atoms with Crippen LogP contribution in [0.2, 0.25) is 0 Å². The summed E-state index contributed by atoms with van der Waals surface area (Å²) >= 11 is 0. The third kappa shape index (κ3) is 6.04. The molecule has 12 heteroatoms. The molecule has 50 heavy (non-hydrogen) atoms. The van der Waals surface area contributed by atoms with Crippen molar-refractivity contribution in [3.8, 4) is 29.1 Å². The number of ether oxygens (including phenoxy) is 2. The largest absolute Gasteiger partial charge is 0.507 e. The van der Waals surface area contributed by atoms with Crippen LogP contribution in [0.3, 0.4) is 0 Å². The van der Waals surface area contributed by atoms with Gasteiger partial charge in [0.2, 0.25) is 18.6 Å². The Balaban J connectivity index is 0.00000432. The number of carbonyl (C=O) groups excluding carboxylic acids is 2. The predicted octanol–water partition coefficient (Wildman–Crippen LogP) is 3.78. The third-order valence-electron chi connectivity index (χ3n) is 11.2. The van der Waals surface area contributed by atoms with Crippen LogP contribution in [-0.2, 0) is 28.9 Å². The van der Waals surface area contributed by atoms with Crippen molar-refractivity contribution in [2.75, 3.05) is 20.4 Å². The Hall–Kier alpha value is -3.35. The standard InChI is InChI=1S/C38H43N5O6.Ac/c1-19-13-24-14-26-28(16-39)43-27(33(42(26)5)31(24)35(46)20(19)2)15-25-32(37-36(48-18-49-37)21(3)34(25)45)29(43)17-40-38(47)22(4)41-30(44)12-11-23-9-7-6-8-10-23;/h6-10,13,22,26-29,33,45-46H,11-12,14-15,17-18H2,1-5H3,(H,40,47)(H,41,44);/t22?,26-,27?,28-,29-,33-;/m0./s1. The molecule has 4 aliphatic heterocycles. The number of aromatic hydroxyl groups is 2. The van der Waals surface area contributed by atoms with E-state index in [1.165, 1.54) is 0 Å². The Morgan fingerprint density at radius 2 is 1.74 bits per heavy atom. The van der Waals surface area contributed by atoms with Crippen LogP contribution in [0.25, 0.3) is 0 Å². The van der Waals surface area contributed by atoms with Gasteiger partial charge >= 0.3 is 0 Å². The van der Waals surface area contributed by atoms with Crippen LogP contribution < -0.4 is 20.1 Å². The van der Waals surface area contributed by atoms with Gasteiger partial charge in [0.05, 0.1) is 18.2 Å². The zero-order valence-corrected chi connectivity index (χ0v) is 33.9. The van der Waals surface area contributed by atoms with Gasteiger partial charge in [-0.25, -0.2) is 0 Å². The van der Waals surface area contributed by atoms with Crippen molar-refractivity contribution in [2.24, 2.45) is 0 Å². The Morgan fingerprint density at radius 1 is 1.02 bits per heavy atom. The number of hydrogen-bond acceptors (Lipinski definition) is 9. The van der Waals surface area contributed by atoms with Crippen molar-refractivity contribution in [3.63, 3.8) is 0 Å². The number of phenols is 2. The zero-order valence-electron chi connectivity index (χ0n) is 29.1.